The largest absolute Gasteiger partial charge is 0.299 e. The van der Waals surface area contributed by atoms with Crippen LogP contribution in [0.2, 0.25) is 0 Å². The van der Waals surface area contributed by atoms with E-state index >= 15 is 0 Å². The van der Waals surface area contributed by atoms with Gasteiger partial charge in [-0.2, -0.15) is 5.26 Å². The molecule has 0 saturated carbocycles. The van der Waals surface area contributed by atoms with Crippen molar-refractivity contribution in [1.29, 1.82) is 5.26 Å². The van der Waals surface area contributed by atoms with Gasteiger partial charge in [0, 0.05) is 19.6 Å². The Labute approximate surface area is 133 Å². The minimum Gasteiger partial charge on any atom is -0.299 e. The molecule has 22 heavy (non-hydrogen) atoms. The van der Waals surface area contributed by atoms with Crippen LogP contribution in [0.15, 0.2) is 60.7 Å². The van der Waals surface area contributed by atoms with Crippen LogP contribution in [0.3, 0.4) is 0 Å². The standard InChI is InChI=1S/C20H22N2/c1-17-14-22(15-18-8-4-2-5-9-18)13-12-20(17,16-21)19-10-6-3-7-11-19/h2-11,17H,12-15H2,1H3. The highest BCUT2D eigenvalue weighted by Gasteiger charge is 2.42. The molecule has 112 valence electrons. The van der Waals surface area contributed by atoms with Gasteiger partial charge in [-0.1, -0.05) is 67.6 Å². The number of rotatable bonds is 3. The van der Waals surface area contributed by atoms with Gasteiger partial charge in [-0.3, -0.25) is 4.90 Å². The maximum Gasteiger partial charge on any atom is 0.0872 e. The van der Waals surface area contributed by atoms with Crippen LogP contribution < -0.4 is 0 Å². The predicted molar refractivity (Wildman–Crippen MR) is 89.2 cm³/mol. The summed E-state index contributed by atoms with van der Waals surface area (Å²) in [5, 5.41) is 9.87. The van der Waals surface area contributed by atoms with Gasteiger partial charge in [0.2, 0.25) is 0 Å². The first-order valence-electron chi connectivity index (χ1n) is 7.98. The molecule has 0 radical (unpaired) electrons. The second-order valence-electron chi connectivity index (χ2n) is 6.32. The van der Waals surface area contributed by atoms with Crippen molar-refractivity contribution < 1.29 is 0 Å². The van der Waals surface area contributed by atoms with Crippen molar-refractivity contribution >= 4 is 0 Å². The highest BCUT2D eigenvalue weighted by Crippen LogP contribution is 2.39. The number of hydrogen-bond donors (Lipinski definition) is 0. The Bertz CT molecular complexity index is 644. The topological polar surface area (TPSA) is 27.0 Å². The van der Waals surface area contributed by atoms with Crippen LogP contribution in [-0.4, -0.2) is 18.0 Å². The normalized spacial score (nSPS) is 25.5. The van der Waals surface area contributed by atoms with Crippen molar-refractivity contribution in [3.63, 3.8) is 0 Å². The second kappa shape index (κ2) is 6.34. The molecule has 1 aliphatic rings. The Balaban J connectivity index is 1.76. The molecule has 0 spiro atoms. The summed E-state index contributed by atoms with van der Waals surface area (Å²) < 4.78 is 0. The zero-order chi connectivity index (χ0) is 15.4. The molecular formula is C20H22N2. The molecule has 0 aromatic heterocycles. The molecule has 2 aromatic carbocycles. The fraction of sp³-hybridized carbons (Fsp3) is 0.350. The Morgan fingerprint density at radius 2 is 1.73 bits per heavy atom. The monoisotopic (exact) mass is 290 g/mol. The number of likely N-dealkylation sites (tertiary alicyclic amines) is 1. The zero-order valence-electron chi connectivity index (χ0n) is 13.1. The smallest absolute Gasteiger partial charge is 0.0872 e. The molecule has 2 heteroatoms. The van der Waals surface area contributed by atoms with Crippen LogP contribution in [-0.2, 0) is 12.0 Å². The summed E-state index contributed by atoms with van der Waals surface area (Å²) in [6.45, 7) is 5.13. The molecule has 0 aliphatic carbocycles. The summed E-state index contributed by atoms with van der Waals surface area (Å²) in [6, 6.07) is 23.5. The van der Waals surface area contributed by atoms with E-state index in [-0.39, 0.29) is 5.41 Å². The minimum atomic E-state index is -0.339. The van der Waals surface area contributed by atoms with E-state index in [0.29, 0.717) is 5.92 Å². The van der Waals surface area contributed by atoms with Crippen molar-refractivity contribution in [1.82, 2.24) is 4.90 Å². The SMILES string of the molecule is CC1CN(Cc2ccccc2)CCC1(C#N)c1ccccc1. The average molecular weight is 290 g/mol. The highest BCUT2D eigenvalue weighted by molar-refractivity contribution is 5.34. The average Bonchev–Trinajstić information content (AvgIpc) is 2.57. The van der Waals surface area contributed by atoms with Gasteiger partial charge in [0.15, 0.2) is 0 Å². The zero-order valence-corrected chi connectivity index (χ0v) is 13.1. The molecular weight excluding hydrogens is 268 g/mol. The van der Waals surface area contributed by atoms with Crippen molar-refractivity contribution in [2.75, 3.05) is 13.1 Å². The van der Waals surface area contributed by atoms with Gasteiger partial charge in [0.05, 0.1) is 11.5 Å². The summed E-state index contributed by atoms with van der Waals surface area (Å²) in [5.74, 6) is 0.331. The first-order chi connectivity index (χ1) is 10.7. The summed E-state index contributed by atoms with van der Waals surface area (Å²) in [6.07, 6.45) is 0.904. The third-order valence-electron chi connectivity index (χ3n) is 4.93. The number of nitrogens with zero attached hydrogens (tertiary/aromatic N) is 2. The number of piperidine rings is 1. The second-order valence-corrected chi connectivity index (χ2v) is 6.32. The van der Waals surface area contributed by atoms with E-state index in [1.54, 1.807) is 0 Å². The molecule has 1 heterocycles. The third-order valence-corrected chi connectivity index (χ3v) is 4.93. The molecule has 0 amide bonds. The Hall–Kier alpha value is -2.11. The van der Waals surface area contributed by atoms with Crippen LogP contribution in [0, 0.1) is 17.2 Å². The Morgan fingerprint density at radius 3 is 2.32 bits per heavy atom. The van der Waals surface area contributed by atoms with Gasteiger partial charge < -0.3 is 0 Å². The van der Waals surface area contributed by atoms with Crippen LogP contribution in [0.4, 0.5) is 0 Å². The van der Waals surface area contributed by atoms with Crippen LogP contribution >= 0.6 is 0 Å². The molecule has 2 aromatic rings. The number of benzene rings is 2. The fourth-order valence-electron chi connectivity index (χ4n) is 3.60. The molecule has 3 rings (SSSR count). The minimum absolute atomic E-state index is 0.331. The van der Waals surface area contributed by atoms with Crippen molar-refractivity contribution in [2.24, 2.45) is 5.92 Å². The lowest BCUT2D eigenvalue weighted by Gasteiger charge is -2.42. The molecule has 2 unspecified atom stereocenters. The van der Waals surface area contributed by atoms with E-state index in [4.69, 9.17) is 0 Å². The van der Waals surface area contributed by atoms with Crippen molar-refractivity contribution in [3.05, 3.63) is 71.8 Å². The van der Waals surface area contributed by atoms with Crippen molar-refractivity contribution in [2.45, 2.75) is 25.3 Å². The molecule has 1 fully saturated rings. The van der Waals surface area contributed by atoms with Gasteiger partial charge >= 0.3 is 0 Å². The van der Waals surface area contributed by atoms with Gasteiger partial charge in [-0.15, -0.1) is 0 Å². The van der Waals surface area contributed by atoms with E-state index in [9.17, 15) is 5.26 Å². The number of nitriles is 1. The van der Waals surface area contributed by atoms with Crippen LogP contribution in [0.5, 0.6) is 0 Å². The lowest BCUT2D eigenvalue weighted by molar-refractivity contribution is 0.125. The Kier molecular flexibility index (Phi) is 4.27. The first-order valence-corrected chi connectivity index (χ1v) is 7.98. The van der Waals surface area contributed by atoms with E-state index in [0.717, 1.165) is 26.1 Å². The maximum absolute atomic E-state index is 9.87. The number of hydrogen-bond acceptors (Lipinski definition) is 2. The summed E-state index contributed by atoms with van der Waals surface area (Å²) >= 11 is 0. The predicted octanol–water partition coefficient (Wildman–Crippen LogP) is 3.99. The first kappa shape index (κ1) is 14.8. The fourth-order valence-corrected chi connectivity index (χ4v) is 3.60. The van der Waals surface area contributed by atoms with Crippen LogP contribution in [0.1, 0.15) is 24.5 Å². The van der Waals surface area contributed by atoms with Crippen molar-refractivity contribution in [3.8, 4) is 6.07 Å². The summed E-state index contributed by atoms with van der Waals surface area (Å²) in [5.41, 5.74) is 2.18. The Morgan fingerprint density at radius 1 is 1.09 bits per heavy atom. The van der Waals surface area contributed by atoms with Gasteiger partial charge in [-0.05, 0) is 23.5 Å². The maximum atomic E-state index is 9.87. The summed E-state index contributed by atoms with van der Waals surface area (Å²) in [4.78, 5) is 2.47. The van der Waals surface area contributed by atoms with E-state index in [1.165, 1.54) is 11.1 Å². The van der Waals surface area contributed by atoms with E-state index < -0.39 is 0 Å². The molecule has 2 nitrogen and oxygen atoms in total. The van der Waals surface area contributed by atoms with Gasteiger partial charge in [0.1, 0.15) is 0 Å². The van der Waals surface area contributed by atoms with Crippen LogP contribution in [0.25, 0.3) is 0 Å². The molecule has 0 bridgehead atoms. The molecule has 1 saturated heterocycles. The quantitative estimate of drug-likeness (QED) is 0.854. The summed E-state index contributed by atoms with van der Waals surface area (Å²) in [7, 11) is 0. The lowest BCUT2D eigenvalue weighted by atomic mass is 9.67. The third kappa shape index (κ3) is 2.77. The molecule has 2 atom stereocenters. The van der Waals surface area contributed by atoms with Gasteiger partial charge in [-0.25, -0.2) is 0 Å². The van der Waals surface area contributed by atoms with E-state index in [2.05, 4.69) is 60.4 Å². The van der Waals surface area contributed by atoms with Gasteiger partial charge in [0.25, 0.3) is 0 Å². The highest BCUT2D eigenvalue weighted by atomic mass is 15.1. The lowest BCUT2D eigenvalue weighted by Crippen LogP contribution is -2.47. The molecule has 0 N–H and O–H groups in total. The van der Waals surface area contributed by atoms with E-state index in [1.807, 2.05) is 18.2 Å². The molecule has 1 aliphatic heterocycles.